The topological polar surface area (TPSA) is 98.2 Å². The number of pyridine rings is 1. The monoisotopic (exact) mass is 488 g/mol. The van der Waals surface area contributed by atoms with Crippen LogP contribution in [0.5, 0.6) is 17.2 Å². The smallest absolute Gasteiger partial charge is 0.295 e. The van der Waals surface area contributed by atoms with E-state index in [-0.39, 0.29) is 24.0 Å². The number of carbonyl (C=O) groups excluding carboxylic acids is 2. The highest BCUT2D eigenvalue weighted by atomic mass is 16.5. The minimum Gasteiger partial charge on any atom is -0.507 e. The number of hydrogen-bond acceptors (Lipinski definition) is 7. The molecule has 0 spiro atoms. The maximum absolute atomic E-state index is 13.3. The fourth-order valence-corrected chi connectivity index (χ4v) is 4.23. The first-order valence-corrected chi connectivity index (χ1v) is 11.5. The predicted molar refractivity (Wildman–Crippen MR) is 134 cm³/mol. The molecule has 1 atom stereocenters. The molecule has 4 rings (SSSR count). The summed E-state index contributed by atoms with van der Waals surface area (Å²) in [6.45, 7) is 3.94. The number of likely N-dealkylation sites (tertiary alicyclic amines) is 1. The van der Waals surface area contributed by atoms with E-state index in [9.17, 15) is 14.7 Å². The van der Waals surface area contributed by atoms with Gasteiger partial charge >= 0.3 is 0 Å². The van der Waals surface area contributed by atoms with Crippen molar-refractivity contribution >= 4 is 17.4 Å². The zero-order valence-electron chi connectivity index (χ0n) is 20.6. The second-order valence-electron chi connectivity index (χ2n) is 8.59. The van der Waals surface area contributed by atoms with Gasteiger partial charge in [0.25, 0.3) is 11.7 Å². The van der Waals surface area contributed by atoms with Gasteiger partial charge in [0.1, 0.15) is 23.0 Å². The van der Waals surface area contributed by atoms with Gasteiger partial charge in [0, 0.05) is 30.1 Å². The summed E-state index contributed by atoms with van der Waals surface area (Å²) in [5.41, 5.74) is 1.60. The first-order chi connectivity index (χ1) is 17.3. The van der Waals surface area contributed by atoms with Gasteiger partial charge in [0.15, 0.2) is 0 Å². The number of aliphatic hydroxyl groups excluding tert-OH is 1. The molecule has 2 aromatic carbocycles. The largest absolute Gasteiger partial charge is 0.507 e. The van der Waals surface area contributed by atoms with Gasteiger partial charge in [0.2, 0.25) is 0 Å². The van der Waals surface area contributed by atoms with Gasteiger partial charge < -0.3 is 24.2 Å². The summed E-state index contributed by atoms with van der Waals surface area (Å²) in [7, 11) is 3.03. The lowest BCUT2D eigenvalue weighted by Gasteiger charge is -2.27. The molecule has 0 bridgehead atoms. The summed E-state index contributed by atoms with van der Waals surface area (Å²) in [5, 5.41) is 11.3. The number of methoxy groups -OCH3 is 2. The van der Waals surface area contributed by atoms with E-state index in [0.717, 1.165) is 5.56 Å². The van der Waals surface area contributed by atoms with Crippen LogP contribution >= 0.6 is 0 Å². The maximum Gasteiger partial charge on any atom is 0.295 e. The standard InChI is InChI=1S/C28H28N2O6/c1-17(2)36-20-9-7-19(8-10-20)26(31)24-25(22-14-21(34-3)11-12-23(22)35-4)30(28(33)27(24)32)16-18-6-5-13-29-15-18/h5-15,17,25,31H,16H2,1-4H3/t25-/m1/s1. The fraction of sp³-hybridized carbons (Fsp3) is 0.250. The number of rotatable bonds is 8. The van der Waals surface area contributed by atoms with Crippen molar-refractivity contribution in [2.24, 2.45) is 0 Å². The lowest BCUT2D eigenvalue weighted by Crippen LogP contribution is -2.29. The minimum atomic E-state index is -0.915. The molecule has 186 valence electrons. The third-order valence-electron chi connectivity index (χ3n) is 5.85. The minimum absolute atomic E-state index is 0.0113. The van der Waals surface area contributed by atoms with Crippen molar-refractivity contribution in [1.29, 1.82) is 0 Å². The Labute approximate surface area is 209 Å². The first kappa shape index (κ1) is 24.8. The van der Waals surface area contributed by atoms with Gasteiger partial charge in [-0.05, 0) is 67.9 Å². The van der Waals surface area contributed by atoms with Crippen molar-refractivity contribution in [2.75, 3.05) is 14.2 Å². The van der Waals surface area contributed by atoms with Gasteiger partial charge in [-0.25, -0.2) is 0 Å². The van der Waals surface area contributed by atoms with Gasteiger partial charge in [-0.15, -0.1) is 0 Å². The number of Topliss-reactive ketones (excluding diaryl/α,β-unsaturated/α-hetero) is 1. The van der Waals surface area contributed by atoms with Crippen molar-refractivity contribution in [1.82, 2.24) is 9.88 Å². The Hall–Kier alpha value is -4.33. The Bertz CT molecular complexity index is 1290. The van der Waals surface area contributed by atoms with Crippen molar-refractivity contribution in [3.05, 3.63) is 89.3 Å². The van der Waals surface area contributed by atoms with E-state index < -0.39 is 17.7 Å². The number of amides is 1. The number of ether oxygens (including phenoxy) is 3. The molecule has 2 heterocycles. The Kier molecular flexibility index (Phi) is 7.24. The zero-order valence-corrected chi connectivity index (χ0v) is 20.6. The lowest BCUT2D eigenvalue weighted by molar-refractivity contribution is -0.140. The van der Waals surface area contributed by atoms with Gasteiger partial charge in [-0.3, -0.25) is 14.6 Å². The van der Waals surface area contributed by atoms with Crippen LogP contribution < -0.4 is 14.2 Å². The van der Waals surface area contributed by atoms with Crippen LogP contribution in [0.4, 0.5) is 0 Å². The molecule has 3 aromatic rings. The van der Waals surface area contributed by atoms with Crippen molar-refractivity contribution in [3.8, 4) is 17.2 Å². The third kappa shape index (κ3) is 4.88. The lowest BCUT2D eigenvalue weighted by atomic mass is 9.94. The van der Waals surface area contributed by atoms with Gasteiger partial charge in [-0.2, -0.15) is 0 Å². The highest BCUT2D eigenvalue weighted by molar-refractivity contribution is 6.46. The molecule has 1 amide bonds. The van der Waals surface area contributed by atoms with Crippen LogP contribution in [0.15, 0.2) is 72.6 Å². The molecule has 1 aliphatic rings. The van der Waals surface area contributed by atoms with Crippen LogP contribution in [-0.4, -0.2) is 47.0 Å². The van der Waals surface area contributed by atoms with E-state index in [4.69, 9.17) is 14.2 Å². The fourth-order valence-electron chi connectivity index (χ4n) is 4.23. The van der Waals surface area contributed by atoms with E-state index in [1.807, 2.05) is 19.9 Å². The maximum atomic E-state index is 13.3. The molecule has 1 aliphatic heterocycles. The highest BCUT2D eigenvalue weighted by Crippen LogP contribution is 2.44. The molecular formula is C28H28N2O6. The summed E-state index contributed by atoms with van der Waals surface area (Å²) >= 11 is 0. The molecule has 1 saturated heterocycles. The Balaban J connectivity index is 1.87. The average Bonchev–Trinajstić information content (AvgIpc) is 3.13. The van der Waals surface area contributed by atoms with E-state index in [1.165, 1.54) is 19.1 Å². The van der Waals surface area contributed by atoms with Crippen LogP contribution in [0.1, 0.15) is 36.6 Å². The number of ketones is 1. The van der Waals surface area contributed by atoms with Gasteiger partial charge in [-0.1, -0.05) is 6.07 Å². The van der Waals surface area contributed by atoms with Crippen LogP contribution in [0.2, 0.25) is 0 Å². The van der Waals surface area contributed by atoms with Crippen LogP contribution in [0.25, 0.3) is 5.76 Å². The van der Waals surface area contributed by atoms with Crippen LogP contribution in [0.3, 0.4) is 0 Å². The first-order valence-electron chi connectivity index (χ1n) is 11.5. The van der Waals surface area contributed by atoms with E-state index in [0.29, 0.717) is 28.4 Å². The predicted octanol–water partition coefficient (Wildman–Crippen LogP) is 4.51. The second-order valence-corrected chi connectivity index (χ2v) is 8.59. The summed E-state index contributed by atoms with van der Waals surface area (Å²) in [6, 6.07) is 14.5. The number of benzene rings is 2. The summed E-state index contributed by atoms with van der Waals surface area (Å²) in [5.74, 6) is -0.195. The molecule has 0 unspecified atom stereocenters. The molecule has 0 saturated carbocycles. The number of aliphatic hydroxyl groups is 1. The van der Waals surface area contributed by atoms with Crippen molar-refractivity contribution < 1.29 is 28.9 Å². The second kappa shape index (κ2) is 10.5. The molecule has 8 heteroatoms. The molecule has 8 nitrogen and oxygen atoms in total. The molecule has 1 aromatic heterocycles. The normalized spacial score (nSPS) is 16.9. The van der Waals surface area contributed by atoms with Crippen LogP contribution in [0, 0.1) is 0 Å². The Morgan fingerprint density at radius 1 is 1.03 bits per heavy atom. The van der Waals surface area contributed by atoms with Crippen LogP contribution in [-0.2, 0) is 16.1 Å². The van der Waals surface area contributed by atoms with Gasteiger partial charge in [0.05, 0.1) is 31.9 Å². The average molecular weight is 489 g/mol. The Morgan fingerprint density at radius 2 is 1.75 bits per heavy atom. The third-order valence-corrected chi connectivity index (χ3v) is 5.85. The summed E-state index contributed by atoms with van der Waals surface area (Å²) < 4.78 is 16.7. The molecule has 1 N–H and O–H groups in total. The number of aromatic nitrogens is 1. The molecular weight excluding hydrogens is 460 g/mol. The van der Waals surface area contributed by atoms with Crippen molar-refractivity contribution in [3.63, 3.8) is 0 Å². The highest BCUT2D eigenvalue weighted by Gasteiger charge is 2.47. The number of hydrogen-bond donors (Lipinski definition) is 1. The summed E-state index contributed by atoms with van der Waals surface area (Å²) in [6.07, 6.45) is 3.25. The number of carbonyl (C=O) groups is 2. The Morgan fingerprint density at radius 3 is 2.36 bits per heavy atom. The van der Waals surface area contributed by atoms with Crippen molar-refractivity contribution in [2.45, 2.75) is 32.5 Å². The molecule has 0 radical (unpaired) electrons. The van der Waals surface area contributed by atoms with E-state index >= 15 is 0 Å². The van der Waals surface area contributed by atoms with E-state index in [2.05, 4.69) is 4.98 Å². The molecule has 36 heavy (non-hydrogen) atoms. The SMILES string of the molecule is COc1ccc(OC)c([C@@H]2C(=C(O)c3ccc(OC(C)C)cc3)C(=O)C(=O)N2Cc2cccnc2)c1. The summed E-state index contributed by atoms with van der Waals surface area (Å²) in [4.78, 5) is 32.2. The quantitative estimate of drug-likeness (QED) is 0.283. The molecule has 1 fully saturated rings. The molecule has 0 aliphatic carbocycles. The number of nitrogens with zero attached hydrogens (tertiary/aromatic N) is 2. The van der Waals surface area contributed by atoms with E-state index in [1.54, 1.807) is 60.9 Å². The zero-order chi connectivity index (χ0) is 25.8.